The summed E-state index contributed by atoms with van der Waals surface area (Å²) in [5.41, 5.74) is -0.00985. The van der Waals surface area contributed by atoms with E-state index < -0.39 is 17.9 Å². The van der Waals surface area contributed by atoms with E-state index in [1.165, 1.54) is 33.5 Å². The third kappa shape index (κ3) is 3.99. The quantitative estimate of drug-likeness (QED) is 0.388. The first-order chi connectivity index (χ1) is 8.96. The average Bonchev–Trinajstić information content (AvgIpc) is 2.44. The van der Waals surface area contributed by atoms with Gasteiger partial charge in [0.15, 0.2) is 0 Å². The minimum absolute atomic E-state index is 0. The SMILES string of the molecule is COC(=O)c1cc(C(=O)OC)c(S)c(C(=O)OC)c1.[Na]. The third-order valence-corrected chi connectivity index (χ3v) is 2.82. The van der Waals surface area contributed by atoms with Gasteiger partial charge in [0.1, 0.15) is 0 Å². The fraction of sp³-hybridized carbons (Fsp3) is 0.250. The molecule has 1 aromatic carbocycles. The summed E-state index contributed by atoms with van der Waals surface area (Å²) in [6, 6.07) is 2.49. The maximum absolute atomic E-state index is 11.6. The van der Waals surface area contributed by atoms with Crippen molar-refractivity contribution in [3.8, 4) is 0 Å². The molecule has 0 saturated carbocycles. The number of ether oxygens (including phenoxy) is 3. The molecule has 1 rings (SSSR count). The largest absolute Gasteiger partial charge is 0.465 e. The second-order valence-corrected chi connectivity index (χ2v) is 3.84. The van der Waals surface area contributed by atoms with E-state index in [0.717, 1.165) is 0 Å². The maximum Gasteiger partial charge on any atom is 0.339 e. The minimum atomic E-state index is -0.721. The van der Waals surface area contributed by atoms with Gasteiger partial charge in [-0.2, -0.15) is 0 Å². The molecule has 0 fully saturated rings. The van der Waals surface area contributed by atoms with Crippen molar-refractivity contribution in [3.63, 3.8) is 0 Å². The zero-order valence-electron chi connectivity index (χ0n) is 11.6. The van der Waals surface area contributed by atoms with E-state index in [2.05, 4.69) is 26.8 Å². The molecule has 103 valence electrons. The van der Waals surface area contributed by atoms with Crippen LogP contribution in [0.15, 0.2) is 17.0 Å². The molecule has 0 unspecified atom stereocenters. The van der Waals surface area contributed by atoms with Gasteiger partial charge < -0.3 is 14.2 Å². The zero-order valence-corrected chi connectivity index (χ0v) is 14.4. The Morgan fingerprint density at radius 3 is 1.50 bits per heavy atom. The molecule has 0 atom stereocenters. The molecule has 6 nitrogen and oxygen atoms in total. The van der Waals surface area contributed by atoms with E-state index >= 15 is 0 Å². The van der Waals surface area contributed by atoms with Crippen LogP contribution in [0.25, 0.3) is 0 Å². The first-order valence-electron chi connectivity index (χ1n) is 5.08. The number of thiol groups is 1. The van der Waals surface area contributed by atoms with Crippen LogP contribution in [0.4, 0.5) is 0 Å². The molecular weight excluding hydrogens is 295 g/mol. The molecule has 0 N–H and O–H groups in total. The minimum Gasteiger partial charge on any atom is -0.465 e. The molecule has 0 aliphatic heterocycles. The smallest absolute Gasteiger partial charge is 0.339 e. The van der Waals surface area contributed by atoms with Crippen LogP contribution in [-0.2, 0) is 14.2 Å². The van der Waals surface area contributed by atoms with Crippen LogP contribution in [0.3, 0.4) is 0 Å². The van der Waals surface area contributed by atoms with Gasteiger partial charge in [0, 0.05) is 34.5 Å². The number of esters is 3. The number of hydrogen-bond donors (Lipinski definition) is 1. The van der Waals surface area contributed by atoms with Gasteiger partial charge in [-0.1, -0.05) is 0 Å². The van der Waals surface area contributed by atoms with Gasteiger partial charge in [-0.3, -0.25) is 0 Å². The number of hydrogen-bond acceptors (Lipinski definition) is 7. The molecular formula is C12H12NaO6S. The zero-order chi connectivity index (χ0) is 14.6. The first-order valence-corrected chi connectivity index (χ1v) is 5.53. The summed E-state index contributed by atoms with van der Waals surface area (Å²) < 4.78 is 13.7. The molecule has 0 bridgehead atoms. The molecule has 1 radical (unpaired) electrons. The molecule has 0 aliphatic rings. The van der Waals surface area contributed by atoms with Crippen LogP contribution in [0.2, 0.25) is 0 Å². The van der Waals surface area contributed by atoms with E-state index in [0.29, 0.717) is 0 Å². The monoisotopic (exact) mass is 307 g/mol. The summed E-state index contributed by atoms with van der Waals surface area (Å²) >= 11 is 4.09. The van der Waals surface area contributed by atoms with Crippen molar-refractivity contribution in [2.45, 2.75) is 4.90 Å². The molecule has 0 aliphatic carbocycles. The van der Waals surface area contributed by atoms with Gasteiger partial charge in [-0.15, -0.1) is 12.6 Å². The van der Waals surface area contributed by atoms with Crippen LogP contribution in [-0.4, -0.2) is 68.8 Å². The van der Waals surface area contributed by atoms with Crippen LogP contribution < -0.4 is 0 Å². The molecule has 0 amide bonds. The maximum atomic E-state index is 11.6. The van der Waals surface area contributed by atoms with Crippen LogP contribution >= 0.6 is 12.6 Å². The number of carbonyl (C=O) groups excluding carboxylic acids is 3. The number of benzene rings is 1. The average molecular weight is 307 g/mol. The Labute approximate surface area is 143 Å². The van der Waals surface area contributed by atoms with E-state index in [1.54, 1.807) is 0 Å². The Morgan fingerprint density at radius 2 is 1.20 bits per heavy atom. The summed E-state index contributed by atoms with van der Waals surface area (Å²) in [6.45, 7) is 0. The third-order valence-electron chi connectivity index (χ3n) is 2.34. The Bertz CT molecular complexity index is 506. The summed E-state index contributed by atoms with van der Waals surface area (Å²) in [5, 5.41) is 0. The Hall–Kier alpha value is -1.02. The van der Waals surface area contributed by atoms with Gasteiger partial charge >= 0.3 is 17.9 Å². The fourth-order valence-corrected chi connectivity index (χ4v) is 1.71. The van der Waals surface area contributed by atoms with Crippen molar-refractivity contribution in [2.24, 2.45) is 0 Å². The molecule has 0 aromatic heterocycles. The van der Waals surface area contributed by atoms with Crippen molar-refractivity contribution in [1.82, 2.24) is 0 Å². The summed E-state index contributed by atoms with van der Waals surface area (Å²) in [6.07, 6.45) is 0. The topological polar surface area (TPSA) is 78.9 Å². The molecule has 8 heteroatoms. The number of methoxy groups -OCH3 is 3. The van der Waals surface area contributed by atoms with Crippen molar-refractivity contribution >= 4 is 60.1 Å². The molecule has 0 spiro atoms. The van der Waals surface area contributed by atoms with Crippen molar-refractivity contribution in [3.05, 3.63) is 28.8 Å². The molecule has 1 aromatic rings. The number of carbonyl (C=O) groups is 3. The Kier molecular flexibility index (Phi) is 7.88. The van der Waals surface area contributed by atoms with Crippen molar-refractivity contribution in [1.29, 1.82) is 0 Å². The van der Waals surface area contributed by atoms with Gasteiger partial charge in [-0.25, -0.2) is 14.4 Å². The molecule has 20 heavy (non-hydrogen) atoms. The Morgan fingerprint density at radius 1 is 0.850 bits per heavy atom. The summed E-state index contributed by atoms with van der Waals surface area (Å²) in [7, 11) is 3.54. The van der Waals surface area contributed by atoms with Crippen molar-refractivity contribution < 1.29 is 28.6 Å². The van der Waals surface area contributed by atoms with Crippen LogP contribution in [0.5, 0.6) is 0 Å². The predicted octanol–water partition coefficient (Wildman–Crippen LogP) is 0.954. The second kappa shape index (κ2) is 8.31. The second-order valence-electron chi connectivity index (χ2n) is 3.39. The van der Waals surface area contributed by atoms with Crippen molar-refractivity contribution in [2.75, 3.05) is 21.3 Å². The predicted molar refractivity (Wildman–Crippen MR) is 73.5 cm³/mol. The number of rotatable bonds is 3. The molecule has 0 saturated heterocycles. The normalized spacial score (nSPS) is 9.20. The van der Waals surface area contributed by atoms with Gasteiger partial charge in [0.25, 0.3) is 0 Å². The van der Waals surface area contributed by atoms with E-state index in [9.17, 15) is 14.4 Å². The van der Waals surface area contributed by atoms with E-state index in [1.807, 2.05) is 0 Å². The summed E-state index contributed by atoms with van der Waals surface area (Å²) in [4.78, 5) is 34.7. The van der Waals surface area contributed by atoms with E-state index in [-0.39, 0.29) is 51.1 Å². The van der Waals surface area contributed by atoms with Gasteiger partial charge in [0.2, 0.25) is 0 Å². The van der Waals surface area contributed by atoms with Gasteiger partial charge in [0.05, 0.1) is 38.0 Å². The fourth-order valence-electron chi connectivity index (χ4n) is 1.40. The standard InChI is InChI=1S/C12H12O6S.Na/c1-16-10(13)6-4-7(11(14)17-2)9(19)8(5-6)12(15)18-3;/h4-5,19H,1-3H3;. The molecule has 0 heterocycles. The van der Waals surface area contributed by atoms with E-state index in [4.69, 9.17) is 0 Å². The van der Waals surface area contributed by atoms with Crippen LogP contribution in [0, 0.1) is 0 Å². The Balaban J connectivity index is 0.00000361. The van der Waals surface area contributed by atoms with Gasteiger partial charge in [-0.05, 0) is 12.1 Å². The first kappa shape index (κ1) is 19.0. The summed E-state index contributed by atoms with van der Waals surface area (Å²) in [5.74, 6) is -2.13. The van der Waals surface area contributed by atoms with Crippen LogP contribution in [0.1, 0.15) is 31.1 Å².